The van der Waals surface area contributed by atoms with E-state index in [0.717, 1.165) is 51.5 Å². The minimum atomic E-state index is -2.29. The van der Waals surface area contributed by atoms with E-state index in [1.165, 1.54) is 6.07 Å². The summed E-state index contributed by atoms with van der Waals surface area (Å²) in [5.74, 6) is 3.36. The van der Waals surface area contributed by atoms with Gasteiger partial charge in [-0.25, -0.2) is 13.6 Å². The predicted octanol–water partition coefficient (Wildman–Crippen LogP) is 11.5. The fraction of sp³-hybridized carbons (Fsp3) is 0.596. The molecule has 1 aliphatic carbocycles. The van der Waals surface area contributed by atoms with Crippen LogP contribution in [-0.2, 0) is 9.47 Å². The second kappa shape index (κ2) is 18.3. The van der Waals surface area contributed by atoms with Crippen LogP contribution in [0.2, 0.25) is 16.6 Å². The quantitative estimate of drug-likeness (QED) is 0.0829. The van der Waals surface area contributed by atoms with Gasteiger partial charge in [-0.1, -0.05) is 66.0 Å². The highest BCUT2D eigenvalue weighted by Gasteiger charge is 2.48. The maximum absolute atomic E-state index is 18.0. The number of carbonyl (C=O) groups excluding carboxylic acids is 1. The lowest BCUT2D eigenvalue weighted by atomic mass is 9.76. The number of halogens is 2. The molecule has 4 aliphatic rings. The van der Waals surface area contributed by atoms with Crippen molar-refractivity contribution in [2.75, 3.05) is 52.1 Å². The Labute approximate surface area is 385 Å². The summed E-state index contributed by atoms with van der Waals surface area (Å²) in [6, 6.07) is 10.7. The van der Waals surface area contributed by atoms with Gasteiger partial charge in [-0.15, -0.1) is 5.54 Å². The van der Waals surface area contributed by atoms with Gasteiger partial charge in [0.2, 0.25) is 0 Å². The number of anilines is 1. The molecule has 1 amide bonds. The Hall–Kier alpha value is -4.51. The molecule has 1 saturated carbocycles. The third-order valence-corrected chi connectivity index (χ3v) is 21.5. The van der Waals surface area contributed by atoms with Crippen LogP contribution in [0.5, 0.6) is 11.8 Å². The third kappa shape index (κ3) is 8.80. The Balaban J connectivity index is 1.29. The van der Waals surface area contributed by atoms with Crippen LogP contribution in [0.25, 0.3) is 32.8 Å². The van der Waals surface area contributed by atoms with Crippen molar-refractivity contribution < 1.29 is 32.5 Å². The molecule has 4 aromatic rings. The molecule has 3 aromatic carbocycles. The fourth-order valence-electron chi connectivity index (χ4n) is 12.3. The molecule has 1 aromatic heterocycles. The highest BCUT2D eigenvalue weighted by molar-refractivity contribution is 6.90. The summed E-state index contributed by atoms with van der Waals surface area (Å²) in [4.78, 5) is 30.0. The molecule has 65 heavy (non-hydrogen) atoms. The molecule has 4 fully saturated rings. The second-order valence-electron chi connectivity index (χ2n) is 21.2. The van der Waals surface area contributed by atoms with Gasteiger partial charge in [0.25, 0.3) is 0 Å². The maximum atomic E-state index is 18.0. The van der Waals surface area contributed by atoms with Crippen LogP contribution < -0.4 is 14.4 Å². The van der Waals surface area contributed by atoms with Crippen molar-refractivity contribution in [3.8, 4) is 34.4 Å². The molecule has 0 spiro atoms. The summed E-state index contributed by atoms with van der Waals surface area (Å²) in [6.07, 6.45) is 6.80. The van der Waals surface area contributed by atoms with Crippen molar-refractivity contribution >= 4 is 41.7 Å². The SMILES string of the molecule is COCOc1cc(-c2ccc3c(N4CC5CCC(C4)N5C(=O)OC(C)(C)C)nc(OC[C@]45CCC[C@H]4N(C)CCC5)nc3c2F)c2c(C#C[Si](C(C)C)(C(C)C)C(C)C)c(F)ccc2c1. The van der Waals surface area contributed by atoms with E-state index in [1.807, 2.05) is 37.8 Å². The molecule has 2 bridgehead atoms. The van der Waals surface area contributed by atoms with Crippen molar-refractivity contribution in [2.45, 2.75) is 148 Å². The number of rotatable bonds is 11. The number of carbonyl (C=O) groups is 1. The van der Waals surface area contributed by atoms with Crippen LogP contribution >= 0.6 is 0 Å². The summed E-state index contributed by atoms with van der Waals surface area (Å²) in [5.41, 5.74) is 5.08. The van der Waals surface area contributed by atoms with E-state index in [4.69, 9.17) is 28.9 Å². The molecule has 10 nitrogen and oxygen atoms in total. The monoisotopic (exact) mass is 910 g/mol. The minimum Gasteiger partial charge on any atom is -0.468 e. The summed E-state index contributed by atoms with van der Waals surface area (Å²) >= 11 is 0. The van der Waals surface area contributed by atoms with Crippen LogP contribution in [0.1, 0.15) is 113 Å². The predicted molar refractivity (Wildman–Crippen MR) is 257 cm³/mol. The first kappa shape index (κ1) is 47.0. The Bertz CT molecular complexity index is 2460. The molecule has 3 saturated heterocycles. The summed E-state index contributed by atoms with van der Waals surface area (Å²) < 4.78 is 58.3. The highest BCUT2D eigenvalue weighted by Crippen LogP contribution is 2.48. The first-order valence-corrected chi connectivity index (χ1v) is 26.1. The molecule has 350 valence electrons. The number of ether oxygens (including phenoxy) is 4. The van der Waals surface area contributed by atoms with Gasteiger partial charge < -0.3 is 28.7 Å². The summed E-state index contributed by atoms with van der Waals surface area (Å²) in [6.45, 7) is 21.5. The number of hydrogen-bond acceptors (Lipinski definition) is 9. The van der Waals surface area contributed by atoms with Gasteiger partial charge in [0, 0.05) is 48.0 Å². The number of aromatic nitrogens is 2. The highest BCUT2D eigenvalue weighted by atomic mass is 28.3. The largest absolute Gasteiger partial charge is 0.468 e. The first-order chi connectivity index (χ1) is 30.9. The molecule has 4 heterocycles. The number of benzene rings is 3. The van der Waals surface area contributed by atoms with Crippen molar-refractivity contribution in [3.05, 3.63) is 53.6 Å². The van der Waals surface area contributed by atoms with Crippen molar-refractivity contribution in [1.29, 1.82) is 0 Å². The zero-order chi connectivity index (χ0) is 46.6. The van der Waals surface area contributed by atoms with Crippen LogP contribution in [0.3, 0.4) is 0 Å². The summed E-state index contributed by atoms with van der Waals surface area (Å²) in [5, 5.41) is 1.70. The number of fused-ring (bicyclic) bond motifs is 5. The standard InChI is InChI=1S/C52H69F2N5O5Si/c1-32(2)65(33(3)4,34(5)6)25-21-40-43(53)20-15-35-26-38(63-31-61-11)27-42(45(35)40)39-18-19-41-47(46(39)54)55-49(62-30-52-22-12-14-44(52)57(10)24-13-23-52)56-48(41)58-28-36-16-17-37(29-58)59(36)50(60)64-51(7,8)9/h15,18-20,26-27,32-34,36-37,44H,12-14,16-17,22-24,28-31H2,1-11H3/t36?,37?,44-,52-/m1/s1. The van der Waals surface area contributed by atoms with Gasteiger partial charge >= 0.3 is 12.1 Å². The number of likely N-dealkylation sites (tertiary alicyclic amines) is 1. The Morgan fingerprint density at radius 2 is 1.60 bits per heavy atom. The van der Waals surface area contributed by atoms with E-state index in [0.29, 0.717) is 75.7 Å². The van der Waals surface area contributed by atoms with E-state index in [9.17, 15) is 4.79 Å². The zero-order valence-corrected chi connectivity index (χ0v) is 41.4. The van der Waals surface area contributed by atoms with E-state index in [-0.39, 0.29) is 53.0 Å². The number of hydrogen-bond donors (Lipinski definition) is 0. The smallest absolute Gasteiger partial charge is 0.410 e. The van der Waals surface area contributed by atoms with E-state index >= 15 is 8.78 Å². The normalized spacial score (nSPS) is 22.6. The topological polar surface area (TPSA) is 89.5 Å². The number of piperidine rings is 1. The fourth-order valence-corrected chi connectivity index (χ4v) is 17.5. The lowest BCUT2D eigenvalue weighted by Crippen LogP contribution is -2.57. The number of nitrogens with zero attached hydrogens (tertiary/aromatic N) is 5. The van der Waals surface area contributed by atoms with Crippen LogP contribution in [0.4, 0.5) is 19.4 Å². The average Bonchev–Trinajstić information content (AvgIpc) is 3.80. The van der Waals surface area contributed by atoms with Gasteiger partial charge in [-0.3, -0.25) is 4.90 Å². The zero-order valence-electron chi connectivity index (χ0n) is 40.4. The molecular weight excluding hydrogens is 841 g/mol. The molecule has 0 radical (unpaired) electrons. The van der Waals surface area contributed by atoms with Gasteiger partial charge in [-0.2, -0.15) is 9.97 Å². The Morgan fingerprint density at radius 3 is 2.26 bits per heavy atom. The molecule has 13 heteroatoms. The van der Waals surface area contributed by atoms with E-state index < -0.39 is 25.3 Å². The average molecular weight is 910 g/mol. The lowest BCUT2D eigenvalue weighted by molar-refractivity contribution is 0.0119. The molecule has 8 rings (SSSR count). The Morgan fingerprint density at radius 1 is 0.908 bits per heavy atom. The van der Waals surface area contributed by atoms with Crippen LogP contribution in [-0.4, -0.2) is 105 Å². The van der Waals surface area contributed by atoms with E-state index in [1.54, 1.807) is 25.3 Å². The molecule has 4 atom stereocenters. The number of amides is 1. The lowest BCUT2D eigenvalue weighted by Gasteiger charge is -2.44. The van der Waals surface area contributed by atoms with Crippen molar-refractivity contribution in [2.24, 2.45) is 5.41 Å². The second-order valence-corrected chi connectivity index (χ2v) is 26.7. The number of methoxy groups -OCH3 is 1. The summed E-state index contributed by atoms with van der Waals surface area (Å²) in [7, 11) is 1.45. The maximum Gasteiger partial charge on any atom is 0.410 e. The van der Waals surface area contributed by atoms with Gasteiger partial charge in [0.15, 0.2) is 12.6 Å². The first-order valence-electron chi connectivity index (χ1n) is 23.9. The van der Waals surface area contributed by atoms with Gasteiger partial charge in [-0.05, 0) is 125 Å². The molecule has 3 aliphatic heterocycles. The molecular formula is C52H69F2N5O5Si. The third-order valence-electron chi connectivity index (χ3n) is 15.2. The number of piperazine rings is 1. The van der Waals surface area contributed by atoms with Gasteiger partial charge in [0.1, 0.15) is 36.6 Å². The Kier molecular flexibility index (Phi) is 13.2. The molecule has 2 unspecified atom stereocenters. The minimum absolute atomic E-state index is 0.0249. The van der Waals surface area contributed by atoms with Crippen LogP contribution in [0.15, 0.2) is 36.4 Å². The molecule has 0 N–H and O–H groups in total. The van der Waals surface area contributed by atoms with Crippen molar-refractivity contribution in [3.63, 3.8) is 0 Å². The van der Waals surface area contributed by atoms with Gasteiger partial charge in [0.05, 0.1) is 24.3 Å². The van der Waals surface area contributed by atoms with Crippen LogP contribution in [0, 0.1) is 28.5 Å². The van der Waals surface area contributed by atoms with Crippen molar-refractivity contribution in [1.82, 2.24) is 19.8 Å². The van der Waals surface area contributed by atoms with E-state index in [2.05, 4.69) is 69.9 Å².